The first-order valence-electron chi connectivity index (χ1n) is 5.28. The zero-order valence-corrected chi connectivity index (χ0v) is 8.28. The van der Waals surface area contributed by atoms with Gasteiger partial charge < -0.3 is 0 Å². The van der Waals surface area contributed by atoms with Crippen molar-refractivity contribution in [1.29, 1.82) is 0 Å². The van der Waals surface area contributed by atoms with Crippen molar-refractivity contribution in [2.24, 2.45) is 0 Å². The molecule has 0 saturated carbocycles. The quantitative estimate of drug-likeness (QED) is 0.484. The lowest BCUT2D eigenvalue weighted by atomic mass is 10.1. The number of rotatable bonds is 0. The summed E-state index contributed by atoms with van der Waals surface area (Å²) in [6.07, 6.45) is 23.0. The van der Waals surface area contributed by atoms with E-state index in [-0.39, 0.29) is 0 Å². The smallest absolute Gasteiger partial charge is 0.0316 e. The summed E-state index contributed by atoms with van der Waals surface area (Å²) in [5.41, 5.74) is 0. The van der Waals surface area contributed by atoms with E-state index in [1.165, 1.54) is 32.1 Å². The molecule has 0 heteroatoms. The molecule has 1 radical (unpaired) electrons. The third kappa shape index (κ3) is 6.39. The van der Waals surface area contributed by atoms with Gasteiger partial charge in [0, 0.05) is 0 Å². The van der Waals surface area contributed by atoms with E-state index in [9.17, 15) is 0 Å². The van der Waals surface area contributed by atoms with Gasteiger partial charge in [-0.3, -0.25) is 0 Å². The van der Waals surface area contributed by atoms with E-state index in [0.717, 1.165) is 6.42 Å². The average Bonchev–Trinajstić information content (AvgIpc) is 2.18. The summed E-state index contributed by atoms with van der Waals surface area (Å²) in [6.45, 7) is 0. The van der Waals surface area contributed by atoms with Crippen molar-refractivity contribution in [3.63, 3.8) is 0 Å². The van der Waals surface area contributed by atoms with Crippen LogP contribution in [0.4, 0.5) is 0 Å². The first-order valence-corrected chi connectivity index (χ1v) is 5.28. The Bertz CT molecular complexity index is 184. The Kier molecular flexibility index (Phi) is 6.22. The maximum atomic E-state index is 2.34. The zero-order valence-electron chi connectivity index (χ0n) is 8.28. The van der Waals surface area contributed by atoms with Crippen LogP contribution in [0.25, 0.3) is 0 Å². The summed E-state index contributed by atoms with van der Waals surface area (Å²) in [6, 6.07) is 0. The van der Waals surface area contributed by atoms with Gasteiger partial charge in [-0.2, -0.15) is 0 Å². The van der Waals surface area contributed by atoms with E-state index in [1.54, 1.807) is 0 Å². The fourth-order valence-electron chi connectivity index (χ4n) is 1.35. The molecule has 0 spiro atoms. The second-order valence-corrected chi connectivity index (χ2v) is 3.36. The van der Waals surface area contributed by atoms with Crippen molar-refractivity contribution in [1.82, 2.24) is 0 Å². The van der Waals surface area contributed by atoms with Crippen molar-refractivity contribution >= 4 is 0 Å². The van der Waals surface area contributed by atoms with Gasteiger partial charge in [0.05, 0.1) is 0 Å². The van der Waals surface area contributed by atoms with Gasteiger partial charge in [-0.05, 0) is 44.9 Å². The Labute approximate surface area is 82.0 Å². The second kappa shape index (κ2) is 7.85. The van der Waals surface area contributed by atoms with Gasteiger partial charge in [-0.25, -0.2) is 0 Å². The predicted octanol–water partition coefficient (Wildman–Crippen LogP) is 4.21. The Morgan fingerprint density at radius 2 is 1.38 bits per heavy atom. The minimum atomic E-state index is 1.11. The van der Waals surface area contributed by atoms with E-state index in [0.29, 0.717) is 0 Å². The van der Waals surface area contributed by atoms with Crippen molar-refractivity contribution in [2.45, 2.75) is 38.5 Å². The topological polar surface area (TPSA) is 0 Å². The zero-order chi connectivity index (χ0) is 9.19. The normalized spacial score (nSPS) is 27.7. The van der Waals surface area contributed by atoms with Crippen LogP contribution >= 0.6 is 0 Å². The maximum absolute atomic E-state index is 2.34. The van der Waals surface area contributed by atoms with Crippen LogP contribution in [0.1, 0.15) is 38.5 Å². The van der Waals surface area contributed by atoms with Crippen molar-refractivity contribution < 1.29 is 0 Å². The molecule has 0 aromatic carbocycles. The van der Waals surface area contributed by atoms with E-state index < -0.39 is 0 Å². The van der Waals surface area contributed by atoms with Crippen LogP contribution in [0, 0.1) is 6.42 Å². The molecule has 1 aliphatic rings. The fourth-order valence-corrected chi connectivity index (χ4v) is 1.35. The third-order valence-electron chi connectivity index (χ3n) is 2.13. The van der Waals surface area contributed by atoms with Crippen LogP contribution in [0.5, 0.6) is 0 Å². The number of allylic oxidation sites excluding steroid dienone is 6. The molecule has 0 amide bonds. The van der Waals surface area contributed by atoms with Gasteiger partial charge in [0.25, 0.3) is 0 Å². The largest absolute Gasteiger partial charge is 0.0885 e. The Balaban J connectivity index is 2.28. The van der Waals surface area contributed by atoms with Crippen molar-refractivity contribution in [3.05, 3.63) is 42.9 Å². The first-order chi connectivity index (χ1) is 6.50. The van der Waals surface area contributed by atoms with Gasteiger partial charge in [-0.1, -0.05) is 36.5 Å². The van der Waals surface area contributed by atoms with Crippen LogP contribution in [0.2, 0.25) is 0 Å². The molecule has 1 aliphatic carbocycles. The molecule has 1 rings (SSSR count). The molecular weight excluding hydrogens is 156 g/mol. The highest BCUT2D eigenvalue weighted by Crippen LogP contribution is 2.04. The van der Waals surface area contributed by atoms with E-state index in [4.69, 9.17) is 0 Å². The van der Waals surface area contributed by atoms with Crippen LogP contribution in [0.3, 0.4) is 0 Å². The molecular formula is C13H19. The summed E-state index contributed by atoms with van der Waals surface area (Å²) >= 11 is 0. The van der Waals surface area contributed by atoms with Crippen LogP contribution in [0.15, 0.2) is 36.5 Å². The fraction of sp³-hybridized carbons (Fsp3) is 0.462. The Hall–Kier alpha value is -0.780. The molecule has 0 heterocycles. The highest BCUT2D eigenvalue weighted by molar-refractivity contribution is 5.04. The Morgan fingerprint density at radius 1 is 0.615 bits per heavy atom. The van der Waals surface area contributed by atoms with E-state index in [2.05, 4.69) is 42.9 Å². The monoisotopic (exact) mass is 175 g/mol. The van der Waals surface area contributed by atoms with Gasteiger partial charge >= 0.3 is 0 Å². The summed E-state index contributed by atoms with van der Waals surface area (Å²) in [4.78, 5) is 0. The molecule has 0 aromatic rings. The van der Waals surface area contributed by atoms with Gasteiger partial charge in [0.15, 0.2) is 0 Å². The number of hydrogen-bond donors (Lipinski definition) is 0. The van der Waals surface area contributed by atoms with Gasteiger partial charge in [0.2, 0.25) is 0 Å². The molecule has 71 valence electrons. The molecule has 0 N–H and O–H groups in total. The molecule has 0 saturated heterocycles. The molecule has 0 nitrogen and oxygen atoms in total. The SMILES string of the molecule is [CH]1C/C=C\C=C\CCC/C=C\CC1. The van der Waals surface area contributed by atoms with Gasteiger partial charge in [-0.15, -0.1) is 0 Å². The van der Waals surface area contributed by atoms with E-state index in [1.807, 2.05) is 0 Å². The maximum Gasteiger partial charge on any atom is -0.0316 e. The van der Waals surface area contributed by atoms with Gasteiger partial charge in [0.1, 0.15) is 0 Å². The molecule has 0 atom stereocenters. The van der Waals surface area contributed by atoms with Crippen molar-refractivity contribution in [2.75, 3.05) is 0 Å². The predicted molar refractivity (Wildman–Crippen MR) is 59.4 cm³/mol. The lowest BCUT2D eigenvalue weighted by molar-refractivity contribution is 0.859. The minimum absolute atomic E-state index is 1.11. The van der Waals surface area contributed by atoms with E-state index >= 15 is 0 Å². The van der Waals surface area contributed by atoms with Crippen LogP contribution in [-0.2, 0) is 0 Å². The summed E-state index contributed by atoms with van der Waals surface area (Å²) in [5, 5.41) is 0. The minimum Gasteiger partial charge on any atom is -0.0885 e. The molecule has 0 aliphatic heterocycles. The van der Waals surface area contributed by atoms with Crippen molar-refractivity contribution in [3.8, 4) is 0 Å². The molecule has 0 unspecified atom stereocenters. The van der Waals surface area contributed by atoms with Crippen LogP contribution < -0.4 is 0 Å². The summed E-state index contributed by atoms with van der Waals surface area (Å²) < 4.78 is 0. The standard InChI is InChI=1S/C13H19/c1-2-4-6-8-10-12-13-11-9-7-5-3-1/h1-4,7,12-13H,5-6,8-11H2/b3-1-,4-2+,13-12-. The highest BCUT2D eigenvalue weighted by atomic mass is 13.9. The number of hydrogen-bond acceptors (Lipinski definition) is 0. The molecule has 13 heavy (non-hydrogen) atoms. The lowest BCUT2D eigenvalue weighted by Crippen LogP contribution is -1.73. The third-order valence-corrected chi connectivity index (χ3v) is 2.13. The first kappa shape index (κ1) is 10.3. The molecule has 0 aromatic heterocycles. The lowest BCUT2D eigenvalue weighted by Gasteiger charge is -1.92. The summed E-state index contributed by atoms with van der Waals surface area (Å²) in [7, 11) is 0. The molecule has 0 fully saturated rings. The highest BCUT2D eigenvalue weighted by Gasteiger charge is 1.85. The molecule has 0 bridgehead atoms. The van der Waals surface area contributed by atoms with Crippen LogP contribution in [-0.4, -0.2) is 0 Å². The second-order valence-electron chi connectivity index (χ2n) is 3.36. The average molecular weight is 175 g/mol. The summed E-state index contributed by atoms with van der Waals surface area (Å²) in [5.74, 6) is 0. The Morgan fingerprint density at radius 3 is 2.38 bits per heavy atom.